The number of halogens is 3. The summed E-state index contributed by atoms with van der Waals surface area (Å²) in [5.74, 6) is -0.0142. The number of ether oxygens (including phenoxy) is 1. The van der Waals surface area contributed by atoms with Crippen LogP contribution in [0.5, 0.6) is 5.75 Å². The van der Waals surface area contributed by atoms with Crippen molar-refractivity contribution in [2.45, 2.75) is 13.3 Å². The summed E-state index contributed by atoms with van der Waals surface area (Å²) in [6, 6.07) is 9.47. The van der Waals surface area contributed by atoms with Crippen LogP contribution in [-0.4, -0.2) is 12.4 Å². The van der Waals surface area contributed by atoms with Crippen molar-refractivity contribution in [2.75, 3.05) is 6.61 Å². The predicted octanol–water partition coefficient (Wildman–Crippen LogP) is 5.07. The van der Waals surface area contributed by atoms with Crippen molar-refractivity contribution in [3.63, 3.8) is 0 Å². The first kappa shape index (κ1) is 16.0. The minimum atomic E-state index is -0.474. The number of ketones is 1. The van der Waals surface area contributed by atoms with E-state index in [0.29, 0.717) is 22.4 Å². The lowest BCUT2D eigenvalue weighted by Gasteiger charge is -2.09. The summed E-state index contributed by atoms with van der Waals surface area (Å²) < 4.78 is 19.7. The van der Waals surface area contributed by atoms with E-state index in [2.05, 4.69) is 15.9 Å². The van der Waals surface area contributed by atoms with Crippen LogP contribution in [0.25, 0.3) is 0 Å². The molecule has 0 fully saturated rings. The number of Topliss-reactive ketones (excluding diaryl/α,β-unsaturated/α-hetero) is 1. The predicted molar refractivity (Wildman–Crippen MR) is 84.8 cm³/mol. The van der Waals surface area contributed by atoms with Crippen molar-refractivity contribution < 1.29 is 13.9 Å². The molecule has 5 heteroatoms. The largest absolute Gasteiger partial charge is 0.494 e. The van der Waals surface area contributed by atoms with Crippen LogP contribution in [0.1, 0.15) is 22.8 Å². The highest BCUT2D eigenvalue weighted by Gasteiger charge is 2.16. The van der Waals surface area contributed by atoms with Crippen LogP contribution >= 0.6 is 27.5 Å². The van der Waals surface area contributed by atoms with Crippen LogP contribution in [0.4, 0.5) is 4.39 Å². The second-order valence-corrected chi connectivity index (χ2v) is 5.64. The monoisotopic (exact) mass is 370 g/mol. The Labute approximate surface area is 136 Å². The van der Waals surface area contributed by atoms with Crippen LogP contribution in [0, 0.1) is 5.82 Å². The van der Waals surface area contributed by atoms with E-state index < -0.39 is 5.82 Å². The molecule has 2 aromatic carbocycles. The third-order valence-electron chi connectivity index (χ3n) is 2.95. The van der Waals surface area contributed by atoms with Crippen molar-refractivity contribution in [3.05, 3.63) is 62.8 Å². The van der Waals surface area contributed by atoms with Crippen LogP contribution in [0.2, 0.25) is 5.02 Å². The first-order valence-corrected chi connectivity index (χ1v) is 7.58. The van der Waals surface area contributed by atoms with Gasteiger partial charge in [0.2, 0.25) is 0 Å². The Hall–Kier alpha value is -1.39. The molecule has 0 aromatic heterocycles. The van der Waals surface area contributed by atoms with Gasteiger partial charge in [0.05, 0.1) is 6.61 Å². The SMILES string of the molecule is CCOc1ccc(C(=O)Cc2c(F)cccc2Cl)c(Br)c1. The molecular formula is C16H13BrClFO2. The minimum Gasteiger partial charge on any atom is -0.494 e. The molecule has 0 spiro atoms. The summed E-state index contributed by atoms with van der Waals surface area (Å²) in [6.07, 6.45) is -0.0852. The van der Waals surface area contributed by atoms with E-state index in [1.807, 2.05) is 6.92 Å². The molecule has 2 rings (SSSR count). The average molecular weight is 372 g/mol. The molecule has 0 unspecified atom stereocenters. The third-order valence-corrected chi connectivity index (χ3v) is 3.96. The van der Waals surface area contributed by atoms with Crippen LogP contribution in [0.15, 0.2) is 40.9 Å². The van der Waals surface area contributed by atoms with E-state index in [9.17, 15) is 9.18 Å². The van der Waals surface area contributed by atoms with Crippen molar-refractivity contribution >= 4 is 33.3 Å². The molecule has 0 aliphatic carbocycles. The Morgan fingerprint density at radius 1 is 1.33 bits per heavy atom. The zero-order valence-electron chi connectivity index (χ0n) is 11.3. The molecule has 0 aliphatic heterocycles. The van der Waals surface area contributed by atoms with Gasteiger partial charge in [0.15, 0.2) is 5.78 Å². The molecule has 110 valence electrons. The summed E-state index contributed by atoms with van der Waals surface area (Å²) in [6.45, 7) is 2.43. The summed E-state index contributed by atoms with van der Waals surface area (Å²) in [5, 5.41) is 0.255. The molecule has 0 radical (unpaired) electrons. The average Bonchev–Trinajstić information content (AvgIpc) is 2.43. The van der Waals surface area contributed by atoms with Crippen molar-refractivity contribution in [1.29, 1.82) is 0 Å². The van der Waals surface area contributed by atoms with Crippen molar-refractivity contribution in [1.82, 2.24) is 0 Å². The Bertz CT molecular complexity index is 653. The Kier molecular flexibility index (Phi) is 5.37. The van der Waals surface area contributed by atoms with E-state index in [-0.39, 0.29) is 22.8 Å². The fraction of sp³-hybridized carbons (Fsp3) is 0.188. The van der Waals surface area contributed by atoms with Gasteiger partial charge in [0.1, 0.15) is 11.6 Å². The van der Waals surface area contributed by atoms with Gasteiger partial charge in [-0.1, -0.05) is 17.7 Å². The maximum absolute atomic E-state index is 13.7. The maximum atomic E-state index is 13.7. The van der Waals surface area contributed by atoms with Gasteiger partial charge in [-0.25, -0.2) is 4.39 Å². The maximum Gasteiger partial charge on any atom is 0.168 e. The number of hydrogen-bond acceptors (Lipinski definition) is 2. The second kappa shape index (κ2) is 7.05. The molecule has 0 saturated carbocycles. The van der Waals surface area contributed by atoms with Gasteiger partial charge in [-0.2, -0.15) is 0 Å². The first-order chi connectivity index (χ1) is 10.0. The fourth-order valence-corrected chi connectivity index (χ4v) is 2.74. The molecule has 0 N–H and O–H groups in total. The molecule has 2 nitrogen and oxygen atoms in total. The van der Waals surface area contributed by atoms with E-state index in [1.54, 1.807) is 24.3 Å². The lowest BCUT2D eigenvalue weighted by atomic mass is 10.0. The summed E-state index contributed by atoms with van der Waals surface area (Å²) in [4.78, 5) is 12.3. The Balaban J connectivity index is 2.25. The molecule has 0 saturated heterocycles. The normalized spacial score (nSPS) is 10.5. The van der Waals surface area contributed by atoms with E-state index in [4.69, 9.17) is 16.3 Å². The fourth-order valence-electron chi connectivity index (χ4n) is 1.94. The third kappa shape index (κ3) is 3.83. The van der Waals surface area contributed by atoms with Gasteiger partial charge in [-0.05, 0) is 53.2 Å². The molecule has 2 aromatic rings. The van der Waals surface area contributed by atoms with Crippen LogP contribution < -0.4 is 4.74 Å². The van der Waals surface area contributed by atoms with E-state index in [1.165, 1.54) is 12.1 Å². The molecule has 0 heterocycles. The highest BCUT2D eigenvalue weighted by Crippen LogP contribution is 2.26. The lowest BCUT2D eigenvalue weighted by molar-refractivity contribution is 0.0991. The van der Waals surface area contributed by atoms with E-state index in [0.717, 1.165) is 0 Å². The second-order valence-electron chi connectivity index (χ2n) is 4.37. The number of benzene rings is 2. The zero-order valence-corrected chi connectivity index (χ0v) is 13.7. The summed E-state index contributed by atoms with van der Waals surface area (Å²) in [7, 11) is 0. The molecule has 0 amide bonds. The zero-order chi connectivity index (χ0) is 15.4. The standard InChI is InChI=1S/C16H13BrClFO2/c1-2-21-10-6-7-11(13(17)8-10)16(20)9-12-14(18)4-3-5-15(12)19/h3-8H,2,9H2,1H3. The van der Waals surface area contributed by atoms with Crippen molar-refractivity contribution in [3.8, 4) is 5.75 Å². The molecule has 0 atom stereocenters. The topological polar surface area (TPSA) is 26.3 Å². The Morgan fingerprint density at radius 2 is 2.10 bits per heavy atom. The lowest BCUT2D eigenvalue weighted by Crippen LogP contribution is -2.07. The molecular weight excluding hydrogens is 359 g/mol. The van der Waals surface area contributed by atoms with Gasteiger partial charge >= 0.3 is 0 Å². The summed E-state index contributed by atoms with van der Waals surface area (Å²) >= 11 is 9.28. The first-order valence-electron chi connectivity index (χ1n) is 6.41. The van der Waals surface area contributed by atoms with Crippen molar-refractivity contribution in [2.24, 2.45) is 0 Å². The Morgan fingerprint density at radius 3 is 2.71 bits per heavy atom. The van der Waals surface area contributed by atoms with Gasteiger partial charge in [-0.15, -0.1) is 0 Å². The van der Waals surface area contributed by atoms with Gasteiger partial charge in [0, 0.05) is 27.0 Å². The van der Waals surface area contributed by atoms with Gasteiger partial charge < -0.3 is 4.74 Å². The number of carbonyl (C=O) groups excluding carboxylic acids is 1. The van der Waals surface area contributed by atoms with E-state index >= 15 is 0 Å². The summed E-state index contributed by atoms with van der Waals surface area (Å²) in [5.41, 5.74) is 0.683. The molecule has 0 bridgehead atoms. The highest BCUT2D eigenvalue weighted by molar-refractivity contribution is 9.10. The van der Waals surface area contributed by atoms with Gasteiger partial charge in [-0.3, -0.25) is 4.79 Å². The minimum absolute atomic E-state index is 0.0852. The molecule has 0 aliphatic rings. The van der Waals surface area contributed by atoms with Gasteiger partial charge in [0.25, 0.3) is 0 Å². The number of carbonyl (C=O) groups is 1. The molecule has 21 heavy (non-hydrogen) atoms. The van der Waals surface area contributed by atoms with Crippen LogP contribution in [0.3, 0.4) is 0 Å². The smallest absolute Gasteiger partial charge is 0.168 e. The van der Waals surface area contributed by atoms with Crippen LogP contribution in [-0.2, 0) is 6.42 Å². The number of rotatable bonds is 5. The highest BCUT2D eigenvalue weighted by atomic mass is 79.9. The number of hydrogen-bond donors (Lipinski definition) is 0. The quantitative estimate of drug-likeness (QED) is 0.686.